The Morgan fingerprint density at radius 3 is 2.52 bits per heavy atom. The molecule has 0 saturated heterocycles. The van der Waals surface area contributed by atoms with Crippen molar-refractivity contribution in [2.24, 2.45) is 0 Å². The molecule has 6 heteroatoms. The van der Waals surface area contributed by atoms with Gasteiger partial charge in [-0.3, -0.25) is 9.89 Å². The summed E-state index contributed by atoms with van der Waals surface area (Å²) in [6.45, 7) is 3.98. The summed E-state index contributed by atoms with van der Waals surface area (Å²) in [5, 5.41) is 16.2. The van der Waals surface area contributed by atoms with E-state index in [-0.39, 0.29) is 12.3 Å². The Bertz CT molecular complexity index is 667. The van der Waals surface area contributed by atoms with Gasteiger partial charge in [-0.1, -0.05) is 30.3 Å². The third-order valence-electron chi connectivity index (χ3n) is 3.87. The van der Waals surface area contributed by atoms with Crippen molar-refractivity contribution in [1.82, 2.24) is 15.1 Å². The van der Waals surface area contributed by atoms with Crippen LogP contribution in [0.5, 0.6) is 0 Å². The Labute approximate surface area is 135 Å². The summed E-state index contributed by atoms with van der Waals surface area (Å²) in [6.07, 6.45) is 2.04. The van der Waals surface area contributed by atoms with Crippen molar-refractivity contribution >= 4 is 11.9 Å². The number of carbonyl (C=O) groups excluding carboxylic acids is 1. The predicted molar refractivity (Wildman–Crippen MR) is 86.0 cm³/mol. The number of rotatable bonds is 7. The van der Waals surface area contributed by atoms with Gasteiger partial charge in [0.2, 0.25) is 5.91 Å². The van der Waals surface area contributed by atoms with Gasteiger partial charge in [0, 0.05) is 24.2 Å². The lowest BCUT2D eigenvalue weighted by atomic mass is 10.0. The van der Waals surface area contributed by atoms with Gasteiger partial charge in [0.05, 0.1) is 12.6 Å². The first-order valence-corrected chi connectivity index (χ1v) is 7.58. The van der Waals surface area contributed by atoms with Gasteiger partial charge in [-0.15, -0.1) is 0 Å². The topological polar surface area (TPSA) is 86.3 Å². The molecular formula is C17H21N3O3. The summed E-state index contributed by atoms with van der Waals surface area (Å²) in [6, 6.07) is 8.47. The molecule has 1 aromatic heterocycles. The first-order chi connectivity index (χ1) is 11.0. The number of benzene rings is 1. The Morgan fingerprint density at radius 1 is 1.30 bits per heavy atom. The van der Waals surface area contributed by atoms with E-state index in [1.807, 2.05) is 37.3 Å². The molecule has 0 spiro atoms. The number of aryl methyl sites for hydroxylation is 1. The minimum Gasteiger partial charge on any atom is -0.480 e. The summed E-state index contributed by atoms with van der Waals surface area (Å²) in [5.74, 6) is -1.20. The van der Waals surface area contributed by atoms with Crippen LogP contribution in [0.2, 0.25) is 0 Å². The van der Waals surface area contributed by atoms with Gasteiger partial charge >= 0.3 is 5.97 Å². The number of H-pyrrole nitrogens is 1. The smallest absolute Gasteiger partial charge is 0.326 e. The van der Waals surface area contributed by atoms with E-state index < -0.39 is 12.0 Å². The number of aliphatic carboxylic acids is 1. The molecule has 0 fully saturated rings. The average molecular weight is 315 g/mol. The van der Waals surface area contributed by atoms with Crippen LogP contribution in [0.4, 0.5) is 0 Å². The van der Waals surface area contributed by atoms with Crippen LogP contribution in [0.15, 0.2) is 36.5 Å². The first-order valence-electron chi connectivity index (χ1n) is 7.58. The van der Waals surface area contributed by atoms with E-state index >= 15 is 0 Å². The summed E-state index contributed by atoms with van der Waals surface area (Å²) in [4.78, 5) is 25.6. The van der Waals surface area contributed by atoms with Gasteiger partial charge in [-0.25, -0.2) is 4.79 Å². The highest BCUT2D eigenvalue weighted by Crippen LogP contribution is 2.13. The molecule has 0 saturated carbocycles. The zero-order chi connectivity index (χ0) is 16.8. The van der Waals surface area contributed by atoms with E-state index in [4.69, 9.17) is 0 Å². The summed E-state index contributed by atoms with van der Waals surface area (Å²) >= 11 is 0. The van der Waals surface area contributed by atoms with Crippen LogP contribution in [0.3, 0.4) is 0 Å². The standard InChI is InChI=1S/C17H21N3O3/c1-3-20(16(21)10-14-11-18-19-12(14)2)15(17(22)23)9-13-7-5-4-6-8-13/h4-8,11,15H,3,9-10H2,1-2H3,(H,18,19)(H,22,23)/t15-/m1/s1. The Hall–Kier alpha value is -2.63. The van der Waals surface area contributed by atoms with Gasteiger partial charge in [0.15, 0.2) is 0 Å². The number of carbonyl (C=O) groups is 2. The normalized spacial score (nSPS) is 11.9. The molecule has 0 unspecified atom stereocenters. The molecule has 0 bridgehead atoms. The molecule has 1 atom stereocenters. The molecule has 23 heavy (non-hydrogen) atoms. The number of carboxylic acids is 1. The largest absolute Gasteiger partial charge is 0.480 e. The second-order valence-corrected chi connectivity index (χ2v) is 5.42. The predicted octanol–water partition coefficient (Wildman–Crippen LogP) is 1.81. The highest BCUT2D eigenvalue weighted by atomic mass is 16.4. The SMILES string of the molecule is CCN(C(=O)Cc1cn[nH]c1C)[C@H](Cc1ccccc1)C(=O)O. The van der Waals surface area contributed by atoms with Crippen LogP contribution in [-0.2, 0) is 22.4 Å². The van der Waals surface area contributed by atoms with Crippen LogP contribution in [0.1, 0.15) is 23.7 Å². The molecule has 2 rings (SSSR count). The van der Waals surface area contributed by atoms with Crippen molar-refractivity contribution < 1.29 is 14.7 Å². The molecule has 2 N–H and O–H groups in total. The van der Waals surface area contributed by atoms with E-state index in [9.17, 15) is 14.7 Å². The maximum absolute atomic E-state index is 12.6. The molecular weight excluding hydrogens is 294 g/mol. The molecule has 6 nitrogen and oxygen atoms in total. The number of aromatic amines is 1. The molecule has 2 aromatic rings. The highest BCUT2D eigenvalue weighted by molar-refractivity contribution is 5.85. The number of nitrogens with one attached hydrogen (secondary N) is 1. The molecule has 0 radical (unpaired) electrons. The number of likely N-dealkylation sites (N-methyl/N-ethyl adjacent to an activating group) is 1. The number of hydrogen-bond donors (Lipinski definition) is 2. The van der Waals surface area contributed by atoms with Gasteiger partial charge in [0.25, 0.3) is 0 Å². The van der Waals surface area contributed by atoms with Gasteiger partial charge in [-0.05, 0) is 19.4 Å². The first kappa shape index (κ1) is 16.7. The quantitative estimate of drug-likeness (QED) is 0.816. The van der Waals surface area contributed by atoms with E-state index in [0.29, 0.717) is 13.0 Å². The average Bonchev–Trinajstić information content (AvgIpc) is 2.93. The fourth-order valence-corrected chi connectivity index (χ4v) is 2.56. The second-order valence-electron chi connectivity index (χ2n) is 5.42. The van der Waals surface area contributed by atoms with Crippen LogP contribution in [0, 0.1) is 6.92 Å². The number of hydrogen-bond acceptors (Lipinski definition) is 3. The van der Waals surface area contributed by atoms with Gasteiger partial charge < -0.3 is 10.0 Å². The lowest BCUT2D eigenvalue weighted by Crippen LogP contribution is -2.47. The fourth-order valence-electron chi connectivity index (χ4n) is 2.56. The number of carboxylic acid groups (broad SMARTS) is 1. The van der Waals surface area contributed by atoms with Crippen LogP contribution < -0.4 is 0 Å². The number of aromatic nitrogens is 2. The molecule has 1 heterocycles. The van der Waals surface area contributed by atoms with E-state index in [1.54, 1.807) is 13.1 Å². The van der Waals surface area contributed by atoms with Crippen LogP contribution in [0.25, 0.3) is 0 Å². The minimum atomic E-state index is -0.993. The molecule has 122 valence electrons. The fraction of sp³-hybridized carbons (Fsp3) is 0.353. The van der Waals surface area contributed by atoms with E-state index in [2.05, 4.69) is 10.2 Å². The van der Waals surface area contributed by atoms with Crippen LogP contribution >= 0.6 is 0 Å². The zero-order valence-electron chi connectivity index (χ0n) is 13.3. The molecule has 1 amide bonds. The molecule has 0 aliphatic carbocycles. The summed E-state index contributed by atoms with van der Waals surface area (Å²) in [5.41, 5.74) is 2.51. The van der Waals surface area contributed by atoms with Crippen molar-refractivity contribution in [3.8, 4) is 0 Å². The third-order valence-corrected chi connectivity index (χ3v) is 3.87. The van der Waals surface area contributed by atoms with Gasteiger partial charge in [-0.2, -0.15) is 5.10 Å². The number of amides is 1. The third kappa shape index (κ3) is 4.18. The van der Waals surface area contributed by atoms with Crippen molar-refractivity contribution in [2.45, 2.75) is 32.7 Å². The molecule has 1 aromatic carbocycles. The maximum atomic E-state index is 12.6. The highest BCUT2D eigenvalue weighted by Gasteiger charge is 2.29. The Balaban J connectivity index is 2.16. The van der Waals surface area contributed by atoms with Crippen molar-refractivity contribution in [2.75, 3.05) is 6.54 Å². The Morgan fingerprint density at radius 2 is 2.00 bits per heavy atom. The number of nitrogens with zero attached hydrogens (tertiary/aromatic N) is 2. The maximum Gasteiger partial charge on any atom is 0.326 e. The lowest BCUT2D eigenvalue weighted by molar-refractivity contribution is -0.149. The van der Waals surface area contributed by atoms with Crippen molar-refractivity contribution in [3.05, 3.63) is 53.3 Å². The zero-order valence-corrected chi connectivity index (χ0v) is 13.3. The minimum absolute atomic E-state index is 0.148. The second kappa shape index (κ2) is 7.58. The summed E-state index contributed by atoms with van der Waals surface area (Å²) in [7, 11) is 0. The molecule has 0 aliphatic rings. The van der Waals surface area contributed by atoms with Crippen molar-refractivity contribution in [3.63, 3.8) is 0 Å². The monoisotopic (exact) mass is 315 g/mol. The van der Waals surface area contributed by atoms with E-state index in [0.717, 1.165) is 16.8 Å². The summed E-state index contributed by atoms with van der Waals surface area (Å²) < 4.78 is 0. The van der Waals surface area contributed by atoms with Crippen molar-refractivity contribution in [1.29, 1.82) is 0 Å². The van der Waals surface area contributed by atoms with Crippen LogP contribution in [-0.4, -0.2) is 44.7 Å². The van der Waals surface area contributed by atoms with E-state index in [1.165, 1.54) is 4.90 Å². The molecule has 0 aliphatic heterocycles. The lowest BCUT2D eigenvalue weighted by Gasteiger charge is -2.28. The Kier molecular flexibility index (Phi) is 5.51. The van der Waals surface area contributed by atoms with Gasteiger partial charge in [0.1, 0.15) is 6.04 Å².